The summed E-state index contributed by atoms with van der Waals surface area (Å²) in [6, 6.07) is 3.46. The average Bonchev–Trinajstić information content (AvgIpc) is 3.21. The summed E-state index contributed by atoms with van der Waals surface area (Å²) in [5.74, 6) is 1.86. The van der Waals surface area contributed by atoms with Gasteiger partial charge in [-0.25, -0.2) is 15.0 Å². The number of nitrogens with zero attached hydrogens (tertiary/aromatic N) is 3. The molecule has 3 aromatic heterocycles. The maximum atomic E-state index is 12.1. The molecule has 0 saturated heterocycles. The minimum atomic E-state index is -0.135. The van der Waals surface area contributed by atoms with E-state index in [0.717, 1.165) is 22.6 Å². The maximum absolute atomic E-state index is 12.1. The Labute approximate surface area is 162 Å². The molecule has 0 radical (unpaired) electrons. The monoisotopic (exact) mass is 385 g/mol. The first kappa shape index (κ1) is 19.0. The summed E-state index contributed by atoms with van der Waals surface area (Å²) >= 11 is 1.46. The van der Waals surface area contributed by atoms with Crippen LogP contribution in [0, 0.1) is 0 Å². The van der Waals surface area contributed by atoms with Gasteiger partial charge in [-0.3, -0.25) is 4.79 Å². The van der Waals surface area contributed by atoms with E-state index < -0.39 is 0 Å². The zero-order valence-electron chi connectivity index (χ0n) is 15.7. The Kier molecular flexibility index (Phi) is 5.55. The van der Waals surface area contributed by atoms with Crippen LogP contribution in [0.1, 0.15) is 42.9 Å². The molecule has 1 amide bonds. The van der Waals surface area contributed by atoms with Gasteiger partial charge in [0, 0.05) is 29.1 Å². The number of aromatic nitrogens is 3. The van der Waals surface area contributed by atoms with Crippen LogP contribution in [0.25, 0.3) is 0 Å². The number of anilines is 2. The molecule has 3 rings (SSSR count). The average molecular weight is 385 g/mol. The molecule has 0 bridgehead atoms. The number of nitrogen functional groups attached to an aromatic ring is 1. The molecule has 0 aliphatic heterocycles. The smallest absolute Gasteiger partial charge is 0.230 e. The predicted octanol–water partition coefficient (Wildman–Crippen LogP) is 3.37. The first-order chi connectivity index (χ1) is 12.8. The molecule has 0 spiro atoms. The van der Waals surface area contributed by atoms with Crippen LogP contribution in [0.2, 0.25) is 0 Å². The van der Waals surface area contributed by atoms with Crippen LogP contribution in [-0.2, 0) is 29.5 Å². The molecule has 0 saturated carbocycles. The SMILES string of the molecule is CC(C)(C)c1cnc(CCc2cnc(NC(=O)Cc3ccnc(N)c3)s2)o1. The molecule has 7 nitrogen and oxygen atoms in total. The van der Waals surface area contributed by atoms with E-state index in [2.05, 4.69) is 41.0 Å². The lowest BCUT2D eigenvalue weighted by molar-refractivity contribution is -0.115. The number of thiazole rings is 1. The van der Waals surface area contributed by atoms with Crippen LogP contribution in [0.5, 0.6) is 0 Å². The van der Waals surface area contributed by atoms with Crippen molar-refractivity contribution >= 4 is 28.2 Å². The zero-order chi connectivity index (χ0) is 19.4. The number of aryl methyl sites for hydroxylation is 2. The molecule has 142 valence electrons. The zero-order valence-corrected chi connectivity index (χ0v) is 16.5. The van der Waals surface area contributed by atoms with Crippen molar-refractivity contribution in [3.63, 3.8) is 0 Å². The minimum absolute atomic E-state index is 0.0489. The maximum Gasteiger partial charge on any atom is 0.230 e. The number of amides is 1. The highest BCUT2D eigenvalue weighted by Gasteiger charge is 2.19. The Balaban J connectivity index is 1.52. The van der Waals surface area contributed by atoms with Gasteiger partial charge in [-0.1, -0.05) is 20.8 Å². The van der Waals surface area contributed by atoms with Crippen molar-refractivity contribution in [1.82, 2.24) is 15.0 Å². The van der Waals surface area contributed by atoms with Gasteiger partial charge in [-0.2, -0.15) is 0 Å². The number of nitrogens with one attached hydrogen (secondary N) is 1. The fourth-order valence-corrected chi connectivity index (χ4v) is 3.26. The first-order valence-corrected chi connectivity index (χ1v) is 9.51. The second kappa shape index (κ2) is 7.87. The highest BCUT2D eigenvalue weighted by molar-refractivity contribution is 7.15. The van der Waals surface area contributed by atoms with E-state index in [1.165, 1.54) is 11.3 Å². The molecule has 3 aromatic rings. The van der Waals surface area contributed by atoms with Crippen molar-refractivity contribution < 1.29 is 9.21 Å². The highest BCUT2D eigenvalue weighted by atomic mass is 32.1. The van der Waals surface area contributed by atoms with E-state index in [1.54, 1.807) is 30.7 Å². The number of nitrogens with two attached hydrogens (primary N) is 1. The van der Waals surface area contributed by atoms with Gasteiger partial charge in [0.2, 0.25) is 5.91 Å². The second-order valence-electron chi connectivity index (χ2n) is 7.31. The minimum Gasteiger partial charge on any atom is -0.445 e. The number of pyridine rings is 1. The van der Waals surface area contributed by atoms with Gasteiger partial charge in [0.1, 0.15) is 11.6 Å². The Morgan fingerprint density at radius 1 is 1.22 bits per heavy atom. The summed E-state index contributed by atoms with van der Waals surface area (Å²) in [5.41, 5.74) is 6.40. The number of oxazole rings is 1. The largest absolute Gasteiger partial charge is 0.445 e. The van der Waals surface area contributed by atoms with Crippen LogP contribution in [0.3, 0.4) is 0 Å². The molecule has 8 heteroatoms. The van der Waals surface area contributed by atoms with E-state index in [-0.39, 0.29) is 17.7 Å². The van der Waals surface area contributed by atoms with Gasteiger partial charge in [0.25, 0.3) is 0 Å². The van der Waals surface area contributed by atoms with Gasteiger partial charge >= 0.3 is 0 Å². The lowest BCUT2D eigenvalue weighted by Crippen LogP contribution is -2.14. The number of hydrogen-bond acceptors (Lipinski definition) is 7. The summed E-state index contributed by atoms with van der Waals surface area (Å²) in [4.78, 5) is 25.7. The third-order valence-corrected chi connectivity index (χ3v) is 4.86. The van der Waals surface area contributed by atoms with Gasteiger partial charge < -0.3 is 15.5 Å². The molecule has 0 aliphatic carbocycles. The van der Waals surface area contributed by atoms with Gasteiger partial charge in [0.05, 0.1) is 12.6 Å². The van der Waals surface area contributed by atoms with E-state index in [1.807, 2.05) is 0 Å². The van der Waals surface area contributed by atoms with Crippen molar-refractivity contribution in [3.8, 4) is 0 Å². The topological polar surface area (TPSA) is 107 Å². The quantitative estimate of drug-likeness (QED) is 0.674. The van der Waals surface area contributed by atoms with E-state index in [4.69, 9.17) is 10.2 Å². The molecule has 0 atom stereocenters. The molecular weight excluding hydrogens is 362 g/mol. The summed E-state index contributed by atoms with van der Waals surface area (Å²) in [6.07, 6.45) is 6.85. The number of carbonyl (C=O) groups is 1. The summed E-state index contributed by atoms with van der Waals surface area (Å²) in [6.45, 7) is 6.28. The van der Waals surface area contributed by atoms with Gasteiger partial charge in [-0.15, -0.1) is 11.3 Å². The molecular formula is C19H23N5O2S. The normalized spacial score (nSPS) is 11.5. The van der Waals surface area contributed by atoms with E-state index in [0.29, 0.717) is 23.3 Å². The van der Waals surface area contributed by atoms with Crippen LogP contribution < -0.4 is 11.1 Å². The third kappa shape index (κ3) is 5.37. The Morgan fingerprint density at radius 2 is 2.04 bits per heavy atom. The lowest BCUT2D eigenvalue weighted by Gasteiger charge is -2.12. The molecule has 0 fully saturated rings. The third-order valence-electron chi connectivity index (χ3n) is 3.89. The molecule has 27 heavy (non-hydrogen) atoms. The fraction of sp³-hybridized carbons (Fsp3) is 0.368. The van der Waals surface area contributed by atoms with Gasteiger partial charge in [0.15, 0.2) is 11.0 Å². The molecule has 0 aromatic carbocycles. The molecule has 0 unspecified atom stereocenters. The Hall–Kier alpha value is -2.74. The van der Waals surface area contributed by atoms with E-state index >= 15 is 0 Å². The molecule has 0 aliphatic rings. The number of hydrogen-bond donors (Lipinski definition) is 2. The Bertz CT molecular complexity index is 926. The molecule has 3 heterocycles. The fourth-order valence-electron chi connectivity index (χ4n) is 2.44. The molecule has 3 N–H and O–H groups in total. The van der Waals surface area contributed by atoms with Crippen molar-refractivity contribution in [2.45, 2.75) is 45.4 Å². The van der Waals surface area contributed by atoms with Crippen LogP contribution in [0.15, 0.2) is 35.1 Å². The first-order valence-electron chi connectivity index (χ1n) is 8.70. The summed E-state index contributed by atoms with van der Waals surface area (Å²) in [7, 11) is 0. The van der Waals surface area contributed by atoms with Crippen LogP contribution >= 0.6 is 11.3 Å². The number of carbonyl (C=O) groups excluding carboxylic acids is 1. The van der Waals surface area contributed by atoms with Crippen molar-refractivity contribution in [2.24, 2.45) is 0 Å². The van der Waals surface area contributed by atoms with E-state index in [9.17, 15) is 4.79 Å². The van der Waals surface area contributed by atoms with Gasteiger partial charge in [-0.05, 0) is 24.1 Å². The summed E-state index contributed by atoms with van der Waals surface area (Å²) < 4.78 is 5.81. The van der Waals surface area contributed by atoms with Crippen LogP contribution in [-0.4, -0.2) is 20.9 Å². The highest BCUT2D eigenvalue weighted by Crippen LogP contribution is 2.24. The predicted molar refractivity (Wildman–Crippen MR) is 106 cm³/mol. The lowest BCUT2D eigenvalue weighted by atomic mass is 9.94. The standard InChI is InChI=1S/C19H23N5O2S/c1-19(2,3)14-11-22-17(26-14)5-4-13-10-23-18(27-13)24-16(25)9-12-6-7-21-15(20)8-12/h6-8,10-11H,4-5,9H2,1-3H3,(H2,20,21)(H,23,24,25). The van der Waals surface area contributed by atoms with Crippen molar-refractivity contribution in [2.75, 3.05) is 11.1 Å². The Morgan fingerprint density at radius 3 is 2.74 bits per heavy atom. The number of rotatable bonds is 6. The van der Waals surface area contributed by atoms with Crippen molar-refractivity contribution in [1.29, 1.82) is 0 Å². The summed E-state index contributed by atoms with van der Waals surface area (Å²) in [5, 5.41) is 3.40. The second-order valence-corrected chi connectivity index (χ2v) is 8.43. The van der Waals surface area contributed by atoms with Crippen LogP contribution in [0.4, 0.5) is 10.9 Å². The van der Waals surface area contributed by atoms with Crippen molar-refractivity contribution in [3.05, 3.63) is 52.8 Å².